The summed E-state index contributed by atoms with van der Waals surface area (Å²) in [6.07, 6.45) is 4.94. The summed E-state index contributed by atoms with van der Waals surface area (Å²) >= 11 is 0. The molecular formula is C11H9N3O. The maximum absolute atomic E-state index is 8.96. The third kappa shape index (κ3) is 1.99. The monoisotopic (exact) mass is 199 g/mol. The van der Waals surface area contributed by atoms with E-state index in [0.29, 0.717) is 11.4 Å². The summed E-state index contributed by atoms with van der Waals surface area (Å²) in [5.41, 5.74) is 1.86. The Morgan fingerprint density at radius 3 is 2.47 bits per heavy atom. The molecule has 0 aliphatic rings. The Kier molecular flexibility index (Phi) is 2.69. The van der Waals surface area contributed by atoms with E-state index in [9.17, 15) is 0 Å². The highest BCUT2D eigenvalue weighted by Gasteiger charge is 2.07. The average molecular weight is 199 g/mol. The van der Waals surface area contributed by atoms with Gasteiger partial charge < -0.3 is 5.21 Å². The number of nitrogens with zero attached hydrogens (tertiary/aromatic N) is 3. The summed E-state index contributed by atoms with van der Waals surface area (Å²) in [5.74, 6) is 0. The predicted octanol–water partition coefficient (Wildman–Crippen LogP) is 1.70. The van der Waals surface area contributed by atoms with Gasteiger partial charge in [-0.1, -0.05) is 11.2 Å². The molecule has 2 heterocycles. The van der Waals surface area contributed by atoms with Gasteiger partial charge in [-0.15, -0.1) is 0 Å². The fourth-order valence-electron chi connectivity index (χ4n) is 1.27. The first kappa shape index (κ1) is 9.33. The van der Waals surface area contributed by atoms with Crippen LogP contribution < -0.4 is 0 Å². The maximum Gasteiger partial charge on any atom is 0.135 e. The van der Waals surface area contributed by atoms with Crippen LogP contribution in [-0.4, -0.2) is 20.9 Å². The van der Waals surface area contributed by atoms with Crippen LogP contribution in [0.3, 0.4) is 0 Å². The highest BCUT2D eigenvalue weighted by molar-refractivity contribution is 6.11. The Labute approximate surface area is 86.9 Å². The Hall–Kier alpha value is -2.23. The molecule has 2 aromatic heterocycles. The minimum absolute atomic E-state index is 0.443. The van der Waals surface area contributed by atoms with E-state index in [-0.39, 0.29) is 0 Å². The molecule has 15 heavy (non-hydrogen) atoms. The van der Waals surface area contributed by atoms with Gasteiger partial charge in [0, 0.05) is 24.2 Å². The minimum Gasteiger partial charge on any atom is -0.410 e. The molecule has 74 valence electrons. The molecule has 0 saturated carbocycles. The van der Waals surface area contributed by atoms with E-state index in [0.717, 1.165) is 5.56 Å². The summed E-state index contributed by atoms with van der Waals surface area (Å²) in [7, 11) is 0. The zero-order valence-corrected chi connectivity index (χ0v) is 7.91. The Bertz CT molecular complexity index is 412. The van der Waals surface area contributed by atoms with Crippen LogP contribution >= 0.6 is 0 Å². The van der Waals surface area contributed by atoms with Crippen LogP contribution in [0.5, 0.6) is 0 Å². The molecule has 0 amide bonds. The number of pyridine rings is 2. The van der Waals surface area contributed by atoms with Crippen LogP contribution in [0.25, 0.3) is 0 Å². The van der Waals surface area contributed by atoms with Crippen LogP contribution in [0.4, 0.5) is 0 Å². The normalized spacial score (nSPS) is 11.3. The molecule has 4 nitrogen and oxygen atoms in total. The zero-order valence-electron chi connectivity index (χ0n) is 7.91. The average Bonchev–Trinajstić information content (AvgIpc) is 2.33. The van der Waals surface area contributed by atoms with Gasteiger partial charge in [0.25, 0.3) is 0 Å². The Morgan fingerprint density at radius 2 is 1.87 bits per heavy atom. The summed E-state index contributed by atoms with van der Waals surface area (Å²) in [6, 6.07) is 8.97. The van der Waals surface area contributed by atoms with Crippen molar-refractivity contribution in [3.63, 3.8) is 0 Å². The molecule has 0 atom stereocenters. The summed E-state index contributed by atoms with van der Waals surface area (Å²) < 4.78 is 0. The van der Waals surface area contributed by atoms with Crippen molar-refractivity contribution in [3.8, 4) is 0 Å². The van der Waals surface area contributed by atoms with E-state index in [1.54, 1.807) is 36.8 Å². The van der Waals surface area contributed by atoms with Gasteiger partial charge in [-0.2, -0.15) is 0 Å². The molecule has 2 rings (SSSR count). The lowest BCUT2D eigenvalue weighted by atomic mass is 10.1. The van der Waals surface area contributed by atoms with Gasteiger partial charge in [0.05, 0.1) is 5.69 Å². The van der Waals surface area contributed by atoms with E-state index in [1.807, 2.05) is 12.1 Å². The first-order chi connectivity index (χ1) is 7.42. The zero-order chi connectivity index (χ0) is 10.5. The van der Waals surface area contributed by atoms with Gasteiger partial charge in [-0.3, -0.25) is 9.97 Å². The van der Waals surface area contributed by atoms with Crippen molar-refractivity contribution in [2.45, 2.75) is 0 Å². The van der Waals surface area contributed by atoms with Crippen molar-refractivity contribution < 1.29 is 5.21 Å². The van der Waals surface area contributed by atoms with Crippen molar-refractivity contribution in [1.82, 2.24) is 9.97 Å². The van der Waals surface area contributed by atoms with Gasteiger partial charge >= 0.3 is 0 Å². The lowest BCUT2D eigenvalue weighted by Gasteiger charge is -2.02. The largest absolute Gasteiger partial charge is 0.410 e. The molecule has 0 aromatic carbocycles. The van der Waals surface area contributed by atoms with Crippen molar-refractivity contribution in [2.24, 2.45) is 5.16 Å². The third-order valence-electron chi connectivity index (χ3n) is 1.96. The van der Waals surface area contributed by atoms with Crippen LogP contribution in [-0.2, 0) is 0 Å². The van der Waals surface area contributed by atoms with Crippen LogP contribution in [0.15, 0.2) is 54.1 Å². The third-order valence-corrected chi connectivity index (χ3v) is 1.96. The van der Waals surface area contributed by atoms with Crippen molar-refractivity contribution in [2.75, 3.05) is 0 Å². The molecular weight excluding hydrogens is 190 g/mol. The fraction of sp³-hybridized carbons (Fsp3) is 0. The standard InChI is InChI=1S/C11H9N3O/c15-14-11(9-4-7-12-8-5-9)10-3-1-2-6-13-10/h1-8,15H/b14-11+. The number of rotatable bonds is 2. The molecule has 1 N–H and O–H groups in total. The van der Waals surface area contributed by atoms with Crippen molar-refractivity contribution in [3.05, 3.63) is 60.2 Å². The van der Waals surface area contributed by atoms with Gasteiger partial charge in [0.2, 0.25) is 0 Å². The molecule has 0 saturated heterocycles. The summed E-state index contributed by atoms with van der Waals surface area (Å²) in [6.45, 7) is 0. The van der Waals surface area contributed by atoms with E-state index in [1.165, 1.54) is 0 Å². The molecule has 2 aromatic rings. The fourth-order valence-corrected chi connectivity index (χ4v) is 1.27. The first-order valence-corrected chi connectivity index (χ1v) is 4.45. The molecule has 0 spiro atoms. The smallest absolute Gasteiger partial charge is 0.135 e. The van der Waals surface area contributed by atoms with E-state index in [2.05, 4.69) is 15.1 Å². The topological polar surface area (TPSA) is 58.4 Å². The van der Waals surface area contributed by atoms with E-state index >= 15 is 0 Å². The van der Waals surface area contributed by atoms with E-state index in [4.69, 9.17) is 5.21 Å². The van der Waals surface area contributed by atoms with Gasteiger partial charge in [0.1, 0.15) is 5.71 Å². The second-order valence-corrected chi connectivity index (χ2v) is 2.90. The molecule has 0 unspecified atom stereocenters. The lowest BCUT2D eigenvalue weighted by Crippen LogP contribution is -2.05. The second kappa shape index (κ2) is 4.32. The van der Waals surface area contributed by atoms with Crippen molar-refractivity contribution >= 4 is 5.71 Å². The molecule has 0 fully saturated rings. The molecule has 4 heteroatoms. The SMILES string of the molecule is O/N=C(\c1ccncc1)c1ccccn1. The highest BCUT2D eigenvalue weighted by Crippen LogP contribution is 2.06. The first-order valence-electron chi connectivity index (χ1n) is 4.45. The number of oxime groups is 1. The van der Waals surface area contributed by atoms with Crippen molar-refractivity contribution in [1.29, 1.82) is 0 Å². The molecule has 0 aliphatic heterocycles. The van der Waals surface area contributed by atoms with Crippen LogP contribution in [0.2, 0.25) is 0 Å². The molecule has 0 radical (unpaired) electrons. The summed E-state index contributed by atoms with van der Waals surface area (Å²) in [4.78, 5) is 8.01. The van der Waals surface area contributed by atoms with Gasteiger partial charge in [0.15, 0.2) is 0 Å². The quantitative estimate of drug-likeness (QED) is 0.455. The number of hydrogen-bond acceptors (Lipinski definition) is 4. The lowest BCUT2D eigenvalue weighted by molar-refractivity contribution is 0.319. The Balaban J connectivity index is 2.44. The minimum atomic E-state index is 0.443. The van der Waals surface area contributed by atoms with Gasteiger partial charge in [-0.25, -0.2) is 0 Å². The number of hydrogen-bond donors (Lipinski definition) is 1. The highest BCUT2D eigenvalue weighted by atomic mass is 16.4. The second-order valence-electron chi connectivity index (χ2n) is 2.90. The van der Waals surface area contributed by atoms with Gasteiger partial charge in [-0.05, 0) is 24.3 Å². The Morgan fingerprint density at radius 1 is 1.07 bits per heavy atom. The molecule has 0 aliphatic carbocycles. The van der Waals surface area contributed by atoms with Crippen LogP contribution in [0.1, 0.15) is 11.3 Å². The van der Waals surface area contributed by atoms with E-state index < -0.39 is 0 Å². The predicted molar refractivity (Wildman–Crippen MR) is 55.9 cm³/mol. The van der Waals surface area contributed by atoms with Crippen LogP contribution in [0, 0.1) is 0 Å². The summed E-state index contributed by atoms with van der Waals surface area (Å²) in [5, 5.41) is 12.2. The number of aromatic nitrogens is 2. The molecule has 0 bridgehead atoms. The maximum atomic E-state index is 8.96.